The normalized spacial score (nSPS) is 12.3. The largest absolute Gasteiger partial charge is 0.378 e. The molecule has 0 amide bonds. The van der Waals surface area contributed by atoms with Crippen molar-refractivity contribution in [2.45, 2.75) is 66.3 Å². The van der Waals surface area contributed by atoms with Gasteiger partial charge in [-0.3, -0.25) is 4.79 Å². The minimum atomic E-state index is -0.0249. The van der Waals surface area contributed by atoms with E-state index in [2.05, 4.69) is 70.5 Å². The summed E-state index contributed by atoms with van der Waals surface area (Å²) >= 11 is 0. The second-order valence-electron chi connectivity index (χ2n) is 8.90. The van der Waals surface area contributed by atoms with E-state index in [1.165, 1.54) is 5.56 Å². The number of hydrogen-bond acceptors (Lipinski definition) is 2. The van der Waals surface area contributed by atoms with Crippen molar-refractivity contribution in [2.24, 2.45) is 0 Å². The van der Waals surface area contributed by atoms with Crippen LogP contribution in [0.5, 0.6) is 0 Å². The lowest BCUT2D eigenvalue weighted by molar-refractivity contribution is 0.100. The molecule has 0 radical (unpaired) electrons. The molecule has 2 aromatic rings. The van der Waals surface area contributed by atoms with E-state index in [-0.39, 0.29) is 16.7 Å². The van der Waals surface area contributed by atoms with Gasteiger partial charge in [-0.1, -0.05) is 32.9 Å². The zero-order chi connectivity index (χ0) is 19.0. The quantitative estimate of drug-likeness (QED) is 0.751. The number of rotatable bonds is 4. The summed E-state index contributed by atoms with van der Waals surface area (Å²) in [6.07, 6.45) is 0. The van der Waals surface area contributed by atoms with E-state index in [1.54, 1.807) is 0 Å². The molecule has 0 spiro atoms. The van der Waals surface area contributed by atoms with Crippen molar-refractivity contribution in [1.82, 2.24) is 4.57 Å². The molecule has 0 saturated carbocycles. The Morgan fingerprint density at radius 2 is 1.56 bits per heavy atom. The SMILES string of the molecule is Cc1cc(C(=O)CNc2ccc(C(C)(C)C)cc2)c(C)n1C(C)(C)C. The monoisotopic (exact) mass is 340 g/mol. The molecular weight excluding hydrogens is 308 g/mol. The Morgan fingerprint density at radius 1 is 1.00 bits per heavy atom. The molecule has 3 nitrogen and oxygen atoms in total. The van der Waals surface area contributed by atoms with Gasteiger partial charge in [-0.25, -0.2) is 0 Å². The van der Waals surface area contributed by atoms with E-state index in [9.17, 15) is 4.79 Å². The van der Waals surface area contributed by atoms with Crippen LogP contribution in [0, 0.1) is 13.8 Å². The van der Waals surface area contributed by atoms with Crippen LogP contribution in [0.15, 0.2) is 30.3 Å². The number of aryl methyl sites for hydroxylation is 1. The lowest BCUT2D eigenvalue weighted by atomic mass is 9.87. The third-order valence-corrected chi connectivity index (χ3v) is 4.61. The minimum absolute atomic E-state index is 0.0249. The number of ketones is 1. The standard InChI is InChI=1S/C22H32N2O/c1-15-13-19(16(2)24(15)22(6,7)8)20(25)14-23-18-11-9-17(10-12-18)21(3,4)5/h9-13,23H,14H2,1-8H3. The smallest absolute Gasteiger partial charge is 0.183 e. The molecule has 2 rings (SSSR count). The van der Waals surface area contributed by atoms with E-state index in [1.807, 2.05) is 25.1 Å². The summed E-state index contributed by atoms with van der Waals surface area (Å²) in [5.74, 6) is 0.128. The fourth-order valence-electron chi connectivity index (χ4n) is 3.44. The maximum atomic E-state index is 12.7. The van der Waals surface area contributed by atoms with Crippen molar-refractivity contribution in [3.8, 4) is 0 Å². The van der Waals surface area contributed by atoms with Gasteiger partial charge in [0.05, 0.1) is 6.54 Å². The molecule has 1 aromatic carbocycles. The van der Waals surface area contributed by atoms with Gasteiger partial charge in [0.25, 0.3) is 0 Å². The van der Waals surface area contributed by atoms with Crippen LogP contribution in [0.1, 0.15) is 68.9 Å². The van der Waals surface area contributed by atoms with E-state index < -0.39 is 0 Å². The molecule has 0 fully saturated rings. The molecule has 1 N–H and O–H groups in total. The summed E-state index contributed by atoms with van der Waals surface area (Å²) in [7, 11) is 0. The molecular formula is C22H32N2O. The first-order valence-electron chi connectivity index (χ1n) is 8.98. The van der Waals surface area contributed by atoms with Crippen molar-refractivity contribution in [3.05, 3.63) is 52.8 Å². The lowest BCUT2D eigenvalue weighted by Crippen LogP contribution is -2.24. The fourth-order valence-corrected chi connectivity index (χ4v) is 3.44. The molecule has 0 aliphatic rings. The topological polar surface area (TPSA) is 34.0 Å². The van der Waals surface area contributed by atoms with Gasteiger partial charge in [0.2, 0.25) is 0 Å². The number of Topliss-reactive ketones (excluding diaryl/α,β-unsaturated/α-hetero) is 1. The van der Waals surface area contributed by atoms with Crippen molar-refractivity contribution >= 4 is 11.5 Å². The number of benzene rings is 1. The first kappa shape index (κ1) is 19.3. The molecule has 1 heterocycles. The van der Waals surface area contributed by atoms with E-state index >= 15 is 0 Å². The summed E-state index contributed by atoms with van der Waals surface area (Å²) in [4.78, 5) is 12.7. The Bertz CT molecular complexity index is 753. The van der Waals surface area contributed by atoms with Gasteiger partial charge in [0, 0.05) is 28.2 Å². The van der Waals surface area contributed by atoms with Crippen LogP contribution in [-0.2, 0) is 11.0 Å². The molecule has 136 valence electrons. The molecule has 0 atom stereocenters. The summed E-state index contributed by atoms with van der Waals surface area (Å²) in [5.41, 5.74) is 5.36. The van der Waals surface area contributed by atoms with Gasteiger partial charge < -0.3 is 9.88 Å². The molecule has 3 heteroatoms. The van der Waals surface area contributed by atoms with Crippen LogP contribution in [0.25, 0.3) is 0 Å². The summed E-state index contributed by atoms with van der Waals surface area (Å²) in [6.45, 7) is 17.5. The Labute approximate surface area is 152 Å². The van der Waals surface area contributed by atoms with Crippen molar-refractivity contribution < 1.29 is 4.79 Å². The van der Waals surface area contributed by atoms with Gasteiger partial charge in [-0.2, -0.15) is 0 Å². The summed E-state index contributed by atoms with van der Waals surface area (Å²) < 4.78 is 2.23. The Balaban J connectivity index is 2.11. The van der Waals surface area contributed by atoms with Crippen LogP contribution in [-0.4, -0.2) is 16.9 Å². The molecule has 0 saturated heterocycles. The third kappa shape index (κ3) is 4.33. The Morgan fingerprint density at radius 3 is 2.00 bits per heavy atom. The number of nitrogens with zero attached hydrogens (tertiary/aromatic N) is 1. The molecule has 0 aliphatic heterocycles. The third-order valence-electron chi connectivity index (χ3n) is 4.61. The molecule has 0 unspecified atom stereocenters. The highest BCUT2D eigenvalue weighted by molar-refractivity contribution is 6.00. The zero-order valence-electron chi connectivity index (χ0n) is 16.9. The van der Waals surface area contributed by atoms with Gasteiger partial charge in [0.15, 0.2) is 5.78 Å². The van der Waals surface area contributed by atoms with E-state index in [4.69, 9.17) is 0 Å². The minimum Gasteiger partial charge on any atom is -0.378 e. The lowest BCUT2D eigenvalue weighted by Gasteiger charge is -2.25. The number of carbonyl (C=O) groups is 1. The van der Waals surface area contributed by atoms with Crippen molar-refractivity contribution in [3.63, 3.8) is 0 Å². The maximum absolute atomic E-state index is 12.7. The molecule has 0 aliphatic carbocycles. The number of carbonyl (C=O) groups excluding carboxylic acids is 1. The Hall–Kier alpha value is -2.03. The van der Waals surface area contributed by atoms with Gasteiger partial charge in [0.1, 0.15) is 0 Å². The summed E-state index contributed by atoms with van der Waals surface area (Å²) in [6, 6.07) is 10.3. The average molecular weight is 341 g/mol. The van der Waals surface area contributed by atoms with Crippen molar-refractivity contribution in [1.29, 1.82) is 0 Å². The van der Waals surface area contributed by atoms with Crippen LogP contribution in [0.2, 0.25) is 0 Å². The van der Waals surface area contributed by atoms with E-state index in [0.717, 1.165) is 22.6 Å². The predicted octanol–water partition coefficient (Wildman–Crippen LogP) is 5.45. The molecule has 25 heavy (non-hydrogen) atoms. The second-order valence-corrected chi connectivity index (χ2v) is 8.90. The number of aromatic nitrogens is 1. The highest BCUT2D eigenvalue weighted by Gasteiger charge is 2.22. The first-order chi connectivity index (χ1) is 11.4. The van der Waals surface area contributed by atoms with Crippen LogP contribution < -0.4 is 5.32 Å². The van der Waals surface area contributed by atoms with Crippen LogP contribution in [0.3, 0.4) is 0 Å². The van der Waals surface area contributed by atoms with Gasteiger partial charge in [-0.05, 0) is 63.8 Å². The Kier molecular flexibility index (Phi) is 5.17. The first-order valence-corrected chi connectivity index (χ1v) is 8.98. The number of anilines is 1. The van der Waals surface area contributed by atoms with Crippen molar-refractivity contribution in [2.75, 3.05) is 11.9 Å². The van der Waals surface area contributed by atoms with Gasteiger partial charge >= 0.3 is 0 Å². The highest BCUT2D eigenvalue weighted by atomic mass is 16.1. The summed E-state index contributed by atoms with van der Waals surface area (Å²) in [5, 5.41) is 3.26. The van der Waals surface area contributed by atoms with Crippen LogP contribution in [0.4, 0.5) is 5.69 Å². The second kappa shape index (κ2) is 6.70. The number of nitrogens with one attached hydrogen (secondary N) is 1. The highest BCUT2D eigenvalue weighted by Crippen LogP contribution is 2.25. The van der Waals surface area contributed by atoms with Gasteiger partial charge in [-0.15, -0.1) is 0 Å². The fraction of sp³-hybridized carbons (Fsp3) is 0.500. The maximum Gasteiger partial charge on any atom is 0.183 e. The predicted molar refractivity (Wildman–Crippen MR) is 107 cm³/mol. The average Bonchev–Trinajstić information content (AvgIpc) is 2.79. The van der Waals surface area contributed by atoms with Crippen LogP contribution >= 0.6 is 0 Å². The zero-order valence-corrected chi connectivity index (χ0v) is 16.9. The van der Waals surface area contributed by atoms with E-state index in [0.29, 0.717) is 6.54 Å². The number of hydrogen-bond donors (Lipinski definition) is 1. The molecule has 0 bridgehead atoms. The molecule has 1 aromatic heterocycles.